The van der Waals surface area contributed by atoms with Crippen molar-refractivity contribution in [3.05, 3.63) is 281 Å². The van der Waals surface area contributed by atoms with Gasteiger partial charge in [0.1, 0.15) is 91.6 Å². The zero-order valence-corrected chi connectivity index (χ0v) is 65.0. The van der Waals surface area contributed by atoms with Gasteiger partial charge in [-0.15, -0.1) is 0 Å². The molecule has 4 aliphatic heterocycles. The molecule has 0 radical (unpaired) electrons. The average molecular weight is 1580 g/mol. The summed E-state index contributed by atoms with van der Waals surface area (Å²) in [6.45, 7) is 3.76. The van der Waals surface area contributed by atoms with Crippen molar-refractivity contribution in [3.63, 3.8) is 0 Å². The fraction of sp³-hybridized carbons (Fsp3) is 0.416. The van der Waals surface area contributed by atoms with E-state index in [9.17, 15) is 24.3 Å². The minimum Gasteiger partial charge on any atom is -0.497 e. The lowest BCUT2D eigenvalue weighted by molar-refractivity contribution is -0.398. The molecule has 4 saturated heterocycles. The second-order valence-corrected chi connectivity index (χ2v) is 28.4. The van der Waals surface area contributed by atoms with Crippen molar-refractivity contribution in [2.75, 3.05) is 33.5 Å². The van der Waals surface area contributed by atoms with Gasteiger partial charge in [-0.05, 0) is 56.6 Å². The number of hydrogen-bond donors (Lipinski definition) is 3. The van der Waals surface area contributed by atoms with Crippen molar-refractivity contribution >= 4 is 23.8 Å². The summed E-state index contributed by atoms with van der Waals surface area (Å²) in [5.74, 6) is -2.21. The van der Waals surface area contributed by atoms with E-state index in [1.807, 2.05) is 237 Å². The first-order valence-corrected chi connectivity index (χ1v) is 38.6. The molecule has 12 rings (SSSR count). The van der Waals surface area contributed by atoms with Crippen LogP contribution in [0.25, 0.3) is 0 Å². The Morgan fingerprint density at radius 3 is 1.11 bits per heavy atom. The van der Waals surface area contributed by atoms with E-state index in [0.717, 1.165) is 52.8 Å². The molecule has 1 amide bonds. The third-order valence-electron chi connectivity index (χ3n) is 19.8. The minimum atomic E-state index is -1.71. The van der Waals surface area contributed by atoms with Gasteiger partial charge in [-0.2, -0.15) is 0 Å². The predicted octanol–water partition coefficient (Wildman–Crippen LogP) is 9.88. The Morgan fingerprint density at radius 1 is 0.339 bits per heavy atom. The van der Waals surface area contributed by atoms with Gasteiger partial charge in [0.05, 0.1) is 85.8 Å². The highest BCUT2D eigenvalue weighted by Gasteiger charge is 2.59. The Hall–Kier alpha value is -9.24. The SMILES string of the molecule is COc1ccc(CO[C@@H]2[C@H](OCc3ccccc3)[C@@H](NC(C)=O)[C@@H](O[C@@H]3[C@@H](O[C@H]4O[C@@H](COC(C)=O)[C@@H](OC(C)=O)[C@H](OC(C)=O)[C@H]4N)[C@@H](COCc4ccccc4)O[C@H](O[C@@H]4[C@@H](COCc5ccccc5)O[C@@H](O)C(OCc5ccccc5)[C@@H]4OCc4ccccc4)[C@@H]3OCc3ccccc3)O[C@H]2COCc2ccccc2)cc1. The molecule has 0 aliphatic carbocycles. The lowest BCUT2D eigenvalue weighted by atomic mass is 9.93. The molecule has 26 heteroatoms. The number of nitrogens with one attached hydrogen (secondary N) is 1. The zero-order valence-electron chi connectivity index (χ0n) is 65.0. The Balaban J connectivity index is 1.04. The highest BCUT2D eigenvalue weighted by molar-refractivity contribution is 5.73. The van der Waals surface area contributed by atoms with E-state index in [1.165, 1.54) is 13.8 Å². The lowest BCUT2D eigenvalue weighted by Crippen LogP contribution is -2.71. The van der Waals surface area contributed by atoms with Gasteiger partial charge in [-0.1, -0.05) is 224 Å². The van der Waals surface area contributed by atoms with E-state index in [-0.39, 0.29) is 72.7 Å². The van der Waals surface area contributed by atoms with E-state index < -0.39 is 153 Å². The van der Waals surface area contributed by atoms with Crippen LogP contribution >= 0.6 is 0 Å². The average Bonchev–Trinajstić information content (AvgIpc) is 0.755. The van der Waals surface area contributed by atoms with Crippen LogP contribution < -0.4 is 15.8 Å². The quantitative estimate of drug-likeness (QED) is 0.0238. The number of rotatable bonds is 39. The fourth-order valence-corrected chi connectivity index (χ4v) is 14.2. The molecule has 0 spiro atoms. The van der Waals surface area contributed by atoms with Gasteiger partial charge in [-0.25, -0.2) is 0 Å². The van der Waals surface area contributed by atoms with Crippen molar-refractivity contribution in [3.8, 4) is 5.75 Å². The maximum atomic E-state index is 14.4. The topological polar surface area (TPSA) is 302 Å². The van der Waals surface area contributed by atoms with E-state index in [0.29, 0.717) is 11.3 Å². The van der Waals surface area contributed by atoms with Gasteiger partial charge in [0, 0.05) is 27.7 Å². The number of aliphatic hydroxyl groups is 1. The van der Waals surface area contributed by atoms with Crippen molar-refractivity contribution in [1.29, 1.82) is 0 Å². The number of aliphatic hydroxyl groups excluding tert-OH is 1. The van der Waals surface area contributed by atoms with Crippen LogP contribution in [-0.4, -0.2) is 185 Å². The van der Waals surface area contributed by atoms with E-state index >= 15 is 0 Å². The summed E-state index contributed by atoms with van der Waals surface area (Å²) in [5, 5.41) is 15.7. The number of benzene rings is 8. The number of hydrogen-bond acceptors (Lipinski definition) is 25. The second kappa shape index (κ2) is 43.6. The third-order valence-corrected chi connectivity index (χ3v) is 19.8. The van der Waals surface area contributed by atoms with Crippen molar-refractivity contribution in [2.24, 2.45) is 5.73 Å². The van der Waals surface area contributed by atoms with Gasteiger partial charge in [-0.3, -0.25) is 19.2 Å². The van der Waals surface area contributed by atoms with E-state index in [1.54, 1.807) is 7.11 Å². The van der Waals surface area contributed by atoms with Crippen LogP contribution in [0.15, 0.2) is 237 Å². The first-order valence-electron chi connectivity index (χ1n) is 38.6. The molecule has 612 valence electrons. The van der Waals surface area contributed by atoms with Crippen LogP contribution in [0.2, 0.25) is 0 Å². The highest BCUT2D eigenvalue weighted by Crippen LogP contribution is 2.41. The molecule has 20 atom stereocenters. The standard InChI is InChI=1S/C89H102N2O24/c1-57(92)91-75-81(103-48-64-33-19-9-20-34-64)76(102-52-68-41-43-69(97-5)44-42-68)70(53-98-45-61-27-13-6-14-28-61)111-88(75)115-83-79(113-87-74(90)80(108-60(4)95)77(107-59(3)94)73(110-87)56-101-58(2)93)72(55-100-47-63-31-17-8-18-32-63)112-89(85(83)106-51-67-39-25-12-26-40-67)114-78-71(54-99-46-62-29-15-7-16-30-62)109-86(96)84(105-50-66-37-23-11-24-38-66)82(78)104-49-65-35-21-10-22-36-65/h6-44,70-89,96H,45-56,90H2,1-5H3,(H,91,92)/t70-,71+,72+,73-,74+,75+,76-,77+,78+,79-,80+,81+,82+,83+,84?,85+,86+,87+,88+,89+/m0/s1. The highest BCUT2D eigenvalue weighted by atomic mass is 16.8. The summed E-state index contributed by atoms with van der Waals surface area (Å²) in [6.07, 6.45) is -25.4. The molecular formula is C89H102N2O24. The van der Waals surface area contributed by atoms with Gasteiger partial charge in [0.2, 0.25) is 5.91 Å². The van der Waals surface area contributed by atoms with Crippen molar-refractivity contribution < 1.29 is 114 Å². The fourth-order valence-electron chi connectivity index (χ4n) is 14.2. The van der Waals surface area contributed by atoms with Gasteiger partial charge < -0.3 is 106 Å². The van der Waals surface area contributed by atoms with Crippen LogP contribution in [0, 0.1) is 0 Å². The molecule has 0 saturated carbocycles. The third kappa shape index (κ3) is 24.9. The largest absolute Gasteiger partial charge is 0.497 e. The molecule has 1 unspecified atom stereocenters. The van der Waals surface area contributed by atoms with Crippen molar-refractivity contribution in [1.82, 2.24) is 5.32 Å². The monoisotopic (exact) mass is 1580 g/mol. The summed E-state index contributed by atoms with van der Waals surface area (Å²) in [6, 6.07) is 70.9. The summed E-state index contributed by atoms with van der Waals surface area (Å²) in [7, 11) is 1.58. The molecule has 8 aromatic rings. The van der Waals surface area contributed by atoms with Crippen LogP contribution in [0.1, 0.15) is 72.2 Å². The Bertz CT molecular complexity index is 4190. The number of carbonyl (C=O) groups excluding carboxylic acids is 4. The van der Waals surface area contributed by atoms with Crippen molar-refractivity contribution in [2.45, 2.75) is 203 Å². The maximum absolute atomic E-state index is 14.4. The zero-order chi connectivity index (χ0) is 80.3. The lowest BCUT2D eigenvalue weighted by Gasteiger charge is -2.53. The predicted molar refractivity (Wildman–Crippen MR) is 415 cm³/mol. The van der Waals surface area contributed by atoms with Gasteiger partial charge in [0.25, 0.3) is 0 Å². The molecule has 0 bridgehead atoms. The van der Waals surface area contributed by atoms with E-state index in [4.69, 9.17) is 95.7 Å². The number of amides is 1. The number of ether oxygens (including phenoxy) is 19. The first-order chi connectivity index (χ1) is 56.1. The summed E-state index contributed by atoms with van der Waals surface area (Å²) in [5.41, 5.74) is 13.6. The Morgan fingerprint density at radius 2 is 0.678 bits per heavy atom. The number of methoxy groups -OCH3 is 1. The molecule has 4 N–H and O–H groups in total. The van der Waals surface area contributed by atoms with Gasteiger partial charge in [0.15, 0.2) is 37.4 Å². The number of nitrogens with two attached hydrogens (primary N) is 1. The summed E-state index contributed by atoms with van der Waals surface area (Å²) >= 11 is 0. The van der Waals surface area contributed by atoms with Crippen LogP contribution in [0.5, 0.6) is 5.75 Å². The molecule has 4 fully saturated rings. The molecule has 115 heavy (non-hydrogen) atoms. The smallest absolute Gasteiger partial charge is 0.303 e. The molecule has 26 nitrogen and oxygen atoms in total. The molecule has 4 aliphatic rings. The second-order valence-electron chi connectivity index (χ2n) is 28.4. The van der Waals surface area contributed by atoms with E-state index in [2.05, 4.69) is 5.32 Å². The van der Waals surface area contributed by atoms with Crippen LogP contribution in [0.4, 0.5) is 0 Å². The molecule has 4 heterocycles. The summed E-state index contributed by atoms with van der Waals surface area (Å²) < 4.78 is 130. The molecular weight excluding hydrogens is 1480 g/mol. The normalized spacial score (nSPS) is 27.4. The Labute approximate surface area is 669 Å². The Kier molecular flexibility index (Phi) is 32.3. The van der Waals surface area contributed by atoms with Crippen LogP contribution in [-0.2, 0) is 157 Å². The first kappa shape index (κ1) is 85.1. The molecule has 0 aromatic heterocycles. The number of carbonyl (C=O) groups is 4. The minimum absolute atomic E-state index is 0.00192. The maximum Gasteiger partial charge on any atom is 0.303 e. The molecule has 8 aromatic carbocycles. The summed E-state index contributed by atoms with van der Waals surface area (Å²) in [4.78, 5) is 53.6. The number of esters is 3. The van der Waals surface area contributed by atoms with Gasteiger partial charge >= 0.3 is 17.9 Å². The van der Waals surface area contributed by atoms with Crippen LogP contribution in [0.3, 0.4) is 0 Å².